The van der Waals surface area contributed by atoms with Crippen molar-refractivity contribution in [3.05, 3.63) is 53.6 Å². The van der Waals surface area contributed by atoms with Gasteiger partial charge in [0, 0.05) is 24.7 Å². The summed E-state index contributed by atoms with van der Waals surface area (Å²) in [6.07, 6.45) is 0.492. The topological polar surface area (TPSA) is 67.9 Å². The van der Waals surface area contributed by atoms with Gasteiger partial charge >= 0.3 is 0 Å². The summed E-state index contributed by atoms with van der Waals surface area (Å²) in [6, 6.07) is 12.0. The Balaban J connectivity index is 2.03. The van der Waals surface area contributed by atoms with E-state index in [0.717, 1.165) is 11.3 Å². The SMILES string of the molecule is CCNC(=O)C1Cc2ccccc2N1C(=O)c1ccc(OC)cc1OC. The van der Waals surface area contributed by atoms with Crippen molar-refractivity contribution in [2.45, 2.75) is 19.4 Å². The molecule has 0 spiro atoms. The molecule has 1 unspecified atom stereocenters. The quantitative estimate of drug-likeness (QED) is 0.895. The predicted octanol–water partition coefficient (Wildman–Crippen LogP) is 2.41. The van der Waals surface area contributed by atoms with E-state index in [4.69, 9.17) is 9.47 Å². The molecular formula is C20H22N2O4. The minimum Gasteiger partial charge on any atom is -0.497 e. The molecule has 2 aromatic rings. The largest absolute Gasteiger partial charge is 0.497 e. The van der Waals surface area contributed by atoms with Crippen LogP contribution in [-0.2, 0) is 11.2 Å². The molecule has 0 bridgehead atoms. The van der Waals surface area contributed by atoms with Gasteiger partial charge in [-0.25, -0.2) is 0 Å². The normalized spacial score (nSPS) is 15.3. The molecule has 0 aromatic heterocycles. The molecule has 1 N–H and O–H groups in total. The van der Waals surface area contributed by atoms with E-state index < -0.39 is 6.04 Å². The highest BCUT2D eigenvalue weighted by molar-refractivity contribution is 6.13. The predicted molar refractivity (Wildman–Crippen MR) is 99.0 cm³/mol. The van der Waals surface area contributed by atoms with Gasteiger partial charge in [0.1, 0.15) is 17.5 Å². The number of hydrogen-bond acceptors (Lipinski definition) is 4. The van der Waals surface area contributed by atoms with Gasteiger partial charge in [-0.2, -0.15) is 0 Å². The lowest BCUT2D eigenvalue weighted by Crippen LogP contribution is -2.48. The number of para-hydroxylation sites is 1. The van der Waals surface area contributed by atoms with Gasteiger partial charge in [-0.1, -0.05) is 18.2 Å². The standard InChI is InChI=1S/C20H22N2O4/c1-4-21-19(23)17-11-13-7-5-6-8-16(13)22(17)20(24)15-10-9-14(25-2)12-18(15)26-3/h5-10,12,17H,4,11H2,1-3H3,(H,21,23). The number of fused-ring (bicyclic) bond motifs is 1. The van der Waals surface area contributed by atoms with E-state index in [1.165, 1.54) is 7.11 Å². The molecule has 136 valence electrons. The number of benzene rings is 2. The number of methoxy groups -OCH3 is 2. The zero-order valence-electron chi connectivity index (χ0n) is 15.1. The molecule has 3 rings (SSSR count). The molecule has 1 atom stereocenters. The van der Waals surface area contributed by atoms with Crippen LogP contribution in [0.25, 0.3) is 0 Å². The number of hydrogen-bond donors (Lipinski definition) is 1. The van der Waals surface area contributed by atoms with Crippen molar-refractivity contribution in [2.75, 3.05) is 25.7 Å². The van der Waals surface area contributed by atoms with Crippen molar-refractivity contribution in [3.63, 3.8) is 0 Å². The molecule has 1 aliphatic rings. The Labute approximate surface area is 152 Å². The molecule has 2 aromatic carbocycles. The van der Waals surface area contributed by atoms with Crippen LogP contribution in [0.2, 0.25) is 0 Å². The second-order valence-electron chi connectivity index (χ2n) is 5.98. The molecule has 6 heteroatoms. The first kappa shape index (κ1) is 17.8. The zero-order chi connectivity index (χ0) is 18.7. The maximum Gasteiger partial charge on any atom is 0.262 e. The van der Waals surface area contributed by atoms with Crippen LogP contribution in [0.4, 0.5) is 5.69 Å². The van der Waals surface area contributed by atoms with Crippen LogP contribution in [0.3, 0.4) is 0 Å². The fourth-order valence-electron chi connectivity index (χ4n) is 3.24. The van der Waals surface area contributed by atoms with E-state index in [1.54, 1.807) is 30.2 Å². The lowest BCUT2D eigenvalue weighted by Gasteiger charge is -2.25. The summed E-state index contributed by atoms with van der Waals surface area (Å²) in [7, 11) is 3.06. The fraction of sp³-hybridized carbons (Fsp3) is 0.300. The monoisotopic (exact) mass is 354 g/mol. The Morgan fingerprint density at radius 2 is 1.92 bits per heavy atom. The molecule has 26 heavy (non-hydrogen) atoms. The maximum absolute atomic E-state index is 13.3. The highest BCUT2D eigenvalue weighted by Crippen LogP contribution is 2.35. The van der Waals surface area contributed by atoms with Crippen LogP contribution in [0.5, 0.6) is 11.5 Å². The Morgan fingerprint density at radius 1 is 1.15 bits per heavy atom. The van der Waals surface area contributed by atoms with E-state index in [0.29, 0.717) is 30.0 Å². The number of nitrogens with zero attached hydrogens (tertiary/aromatic N) is 1. The summed E-state index contributed by atoms with van der Waals surface area (Å²) in [4.78, 5) is 27.5. The van der Waals surface area contributed by atoms with Gasteiger partial charge in [0.25, 0.3) is 5.91 Å². The molecule has 0 saturated carbocycles. The van der Waals surface area contributed by atoms with E-state index in [1.807, 2.05) is 31.2 Å². The van der Waals surface area contributed by atoms with Gasteiger partial charge in [0.2, 0.25) is 5.91 Å². The molecule has 6 nitrogen and oxygen atoms in total. The lowest BCUT2D eigenvalue weighted by molar-refractivity contribution is -0.122. The Kier molecular flexibility index (Phi) is 5.11. The van der Waals surface area contributed by atoms with Crippen molar-refractivity contribution in [3.8, 4) is 11.5 Å². The smallest absolute Gasteiger partial charge is 0.262 e. The zero-order valence-corrected chi connectivity index (χ0v) is 15.1. The van der Waals surface area contributed by atoms with Gasteiger partial charge in [0.05, 0.1) is 19.8 Å². The highest BCUT2D eigenvalue weighted by Gasteiger charge is 2.39. The van der Waals surface area contributed by atoms with Crippen LogP contribution < -0.4 is 19.7 Å². The highest BCUT2D eigenvalue weighted by atomic mass is 16.5. The fourth-order valence-corrected chi connectivity index (χ4v) is 3.24. The van der Waals surface area contributed by atoms with E-state index in [2.05, 4.69) is 5.32 Å². The average molecular weight is 354 g/mol. The number of ether oxygens (including phenoxy) is 2. The summed E-state index contributed by atoms with van der Waals surface area (Å²) in [5, 5.41) is 2.82. The molecule has 0 radical (unpaired) electrons. The van der Waals surface area contributed by atoms with E-state index >= 15 is 0 Å². The maximum atomic E-state index is 13.3. The minimum absolute atomic E-state index is 0.162. The van der Waals surface area contributed by atoms with Crippen molar-refractivity contribution < 1.29 is 19.1 Å². The van der Waals surface area contributed by atoms with Crippen molar-refractivity contribution in [1.82, 2.24) is 5.32 Å². The first-order valence-electron chi connectivity index (χ1n) is 8.51. The van der Waals surface area contributed by atoms with Crippen LogP contribution in [0.15, 0.2) is 42.5 Å². The van der Waals surface area contributed by atoms with Crippen LogP contribution >= 0.6 is 0 Å². The van der Waals surface area contributed by atoms with Crippen molar-refractivity contribution >= 4 is 17.5 Å². The number of carbonyl (C=O) groups excluding carboxylic acids is 2. The molecular weight excluding hydrogens is 332 g/mol. The third-order valence-corrected chi connectivity index (χ3v) is 4.49. The van der Waals surface area contributed by atoms with Gasteiger partial charge in [0.15, 0.2) is 0 Å². The molecule has 0 aliphatic carbocycles. The van der Waals surface area contributed by atoms with Crippen LogP contribution in [-0.4, -0.2) is 38.6 Å². The van der Waals surface area contributed by atoms with E-state index in [-0.39, 0.29) is 11.8 Å². The van der Waals surface area contributed by atoms with Gasteiger partial charge < -0.3 is 14.8 Å². The summed E-state index contributed by atoms with van der Waals surface area (Å²) < 4.78 is 10.6. The van der Waals surface area contributed by atoms with E-state index in [9.17, 15) is 9.59 Å². The lowest BCUT2D eigenvalue weighted by atomic mass is 10.1. The molecule has 2 amide bonds. The number of anilines is 1. The third kappa shape index (κ3) is 3.10. The molecule has 0 fully saturated rings. The van der Waals surface area contributed by atoms with Crippen molar-refractivity contribution in [2.24, 2.45) is 0 Å². The number of likely N-dealkylation sites (N-methyl/N-ethyl adjacent to an activating group) is 1. The van der Waals surface area contributed by atoms with Crippen molar-refractivity contribution in [1.29, 1.82) is 0 Å². The summed E-state index contributed by atoms with van der Waals surface area (Å²) in [5.41, 5.74) is 2.12. The first-order valence-corrected chi connectivity index (χ1v) is 8.51. The Morgan fingerprint density at radius 3 is 2.62 bits per heavy atom. The molecule has 1 heterocycles. The number of nitrogens with one attached hydrogen (secondary N) is 1. The van der Waals surface area contributed by atoms with Crippen LogP contribution in [0.1, 0.15) is 22.8 Å². The van der Waals surface area contributed by atoms with Gasteiger partial charge in [-0.05, 0) is 30.7 Å². The summed E-state index contributed by atoms with van der Waals surface area (Å²) in [6.45, 7) is 2.37. The first-order chi connectivity index (χ1) is 12.6. The van der Waals surface area contributed by atoms with Crippen LogP contribution in [0, 0.1) is 0 Å². The summed E-state index contributed by atoms with van der Waals surface area (Å²) >= 11 is 0. The number of carbonyl (C=O) groups is 2. The molecule has 0 saturated heterocycles. The number of rotatable bonds is 5. The second kappa shape index (κ2) is 7.47. The van der Waals surface area contributed by atoms with Gasteiger partial charge in [-0.15, -0.1) is 0 Å². The Hall–Kier alpha value is -3.02. The average Bonchev–Trinajstić information content (AvgIpc) is 3.06. The summed E-state index contributed by atoms with van der Waals surface area (Å²) in [5.74, 6) is 0.573. The number of amides is 2. The third-order valence-electron chi connectivity index (χ3n) is 4.49. The second-order valence-corrected chi connectivity index (χ2v) is 5.98. The Bertz CT molecular complexity index is 834. The van der Waals surface area contributed by atoms with Gasteiger partial charge in [-0.3, -0.25) is 14.5 Å². The molecule has 1 aliphatic heterocycles. The minimum atomic E-state index is -0.577.